The fraction of sp³-hybridized carbons (Fsp3) is 0.143. The van der Waals surface area contributed by atoms with Gasteiger partial charge >= 0.3 is 5.97 Å². The van der Waals surface area contributed by atoms with Crippen molar-refractivity contribution in [1.29, 1.82) is 0 Å². The van der Waals surface area contributed by atoms with Gasteiger partial charge in [0.2, 0.25) is 0 Å². The van der Waals surface area contributed by atoms with E-state index in [0.29, 0.717) is 22.0 Å². The van der Waals surface area contributed by atoms with E-state index in [1.807, 2.05) is 42.5 Å². The van der Waals surface area contributed by atoms with E-state index in [9.17, 15) is 9.59 Å². The van der Waals surface area contributed by atoms with Crippen LogP contribution in [0.25, 0.3) is 6.08 Å². The molecule has 0 unspecified atom stereocenters. The Balaban J connectivity index is 2.15. The van der Waals surface area contributed by atoms with Crippen LogP contribution in [0.5, 0.6) is 0 Å². The number of esters is 1. The first-order chi connectivity index (χ1) is 12.5. The number of carbonyl (C=O) groups is 2. The van der Waals surface area contributed by atoms with Gasteiger partial charge < -0.3 is 4.74 Å². The summed E-state index contributed by atoms with van der Waals surface area (Å²) < 4.78 is 5.18. The largest absolute Gasteiger partial charge is 0.462 e. The third kappa shape index (κ3) is 3.28. The van der Waals surface area contributed by atoms with Gasteiger partial charge in [-0.3, -0.25) is 9.69 Å². The molecule has 0 radical (unpaired) electrons. The first-order valence-corrected chi connectivity index (χ1v) is 8.66. The van der Waals surface area contributed by atoms with E-state index in [1.165, 1.54) is 4.90 Å². The van der Waals surface area contributed by atoms with Crippen LogP contribution in [0.1, 0.15) is 19.4 Å². The van der Waals surface area contributed by atoms with Crippen molar-refractivity contribution in [3.8, 4) is 0 Å². The summed E-state index contributed by atoms with van der Waals surface area (Å²) >= 11 is 6.23. The SMILES string of the molecule is CCOC(=O)C1=C(C)N(c2ccccc2)C(=O)C1=Cc1ccccc1Cl. The number of nitrogens with zero attached hydrogens (tertiary/aromatic N) is 1. The minimum atomic E-state index is -0.518. The Hall–Kier alpha value is -2.85. The number of ether oxygens (including phenoxy) is 1. The highest BCUT2D eigenvalue weighted by molar-refractivity contribution is 6.32. The van der Waals surface area contributed by atoms with Gasteiger partial charge in [-0.2, -0.15) is 0 Å². The highest BCUT2D eigenvalue weighted by Crippen LogP contribution is 2.36. The Morgan fingerprint density at radius 3 is 2.42 bits per heavy atom. The van der Waals surface area contributed by atoms with Crippen LogP contribution in [-0.2, 0) is 14.3 Å². The monoisotopic (exact) mass is 367 g/mol. The number of hydrogen-bond donors (Lipinski definition) is 0. The molecule has 1 heterocycles. The van der Waals surface area contributed by atoms with E-state index in [-0.39, 0.29) is 23.7 Å². The van der Waals surface area contributed by atoms with E-state index in [4.69, 9.17) is 16.3 Å². The lowest BCUT2D eigenvalue weighted by atomic mass is 10.0. The van der Waals surface area contributed by atoms with Crippen molar-refractivity contribution in [2.75, 3.05) is 11.5 Å². The van der Waals surface area contributed by atoms with Gasteiger partial charge in [0.1, 0.15) is 0 Å². The number of carbonyl (C=O) groups excluding carboxylic acids is 2. The first kappa shape index (κ1) is 18.0. The number of anilines is 1. The van der Waals surface area contributed by atoms with Crippen LogP contribution in [0.2, 0.25) is 5.02 Å². The van der Waals surface area contributed by atoms with Crippen molar-refractivity contribution in [2.45, 2.75) is 13.8 Å². The molecular weight excluding hydrogens is 350 g/mol. The minimum absolute atomic E-state index is 0.231. The molecule has 0 bridgehead atoms. The van der Waals surface area contributed by atoms with E-state index in [0.717, 1.165) is 0 Å². The average Bonchev–Trinajstić information content (AvgIpc) is 2.88. The molecule has 0 atom stereocenters. The lowest BCUT2D eigenvalue weighted by Crippen LogP contribution is -2.24. The molecule has 5 heteroatoms. The standard InChI is InChI=1S/C21H18ClNO3/c1-3-26-21(25)19-14(2)23(16-10-5-4-6-11-16)20(24)17(19)13-15-9-7-8-12-18(15)22/h4-13H,3H2,1-2H3. The van der Waals surface area contributed by atoms with Crippen LogP contribution in [0, 0.1) is 0 Å². The summed E-state index contributed by atoms with van der Waals surface area (Å²) in [5.74, 6) is -0.799. The molecule has 4 nitrogen and oxygen atoms in total. The van der Waals surface area contributed by atoms with E-state index in [1.54, 1.807) is 32.1 Å². The highest BCUT2D eigenvalue weighted by atomic mass is 35.5. The van der Waals surface area contributed by atoms with Crippen molar-refractivity contribution >= 4 is 35.2 Å². The third-order valence-corrected chi connectivity index (χ3v) is 4.44. The smallest absolute Gasteiger partial charge is 0.340 e. The Labute approximate surface area is 157 Å². The quantitative estimate of drug-likeness (QED) is 0.585. The number of allylic oxidation sites excluding steroid dienone is 1. The molecule has 3 rings (SSSR count). The Kier molecular flexibility index (Phi) is 5.24. The second-order valence-electron chi connectivity index (χ2n) is 5.74. The molecule has 0 fully saturated rings. The minimum Gasteiger partial charge on any atom is -0.462 e. The van der Waals surface area contributed by atoms with Crippen molar-refractivity contribution in [2.24, 2.45) is 0 Å². The molecular formula is C21H18ClNO3. The zero-order valence-electron chi connectivity index (χ0n) is 14.5. The zero-order valence-corrected chi connectivity index (χ0v) is 15.3. The molecule has 2 aromatic carbocycles. The fourth-order valence-electron chi connectivity index (χ4n) is 2.92. The molecule has 1 amide bonds. The molecule has 0 saturated heterocycles. The predicted molar refractivity (Wildman–Crippen MR) is 103 cm³/mol. The fourth-order valence-corrected chi connectivity index (χ4v) is 3.11. The van der Waals surface area contributed by atoms with Crippen LogP contribution in [-0.4, -0.2) is 18.5 Å². The average molecular weight is 368 g/mol. The maximum Gasteiger partial charge on any atom is 0.340 e. The van der Waals surface area contributed by atoms with Gasteiger partial charge in [0.05, 0.1) is 17.8 Å². The van der Waals surface area contributed by atoms with Gasteiger partial charge in [0.25, 0.3) is 5.91 Å². The van der Waals surface area contributed by atoms with Crippen LogP contribution in [0.4, 0.5) is 5.69 Å². The maximum atomic E-state index is 13.1. The molecule has 0 N–H and O–H groups in total. The number of para-hydroxylation sites is 1. The van der Waals surface area contributed by atoms with Crippen LogP contribution in [0.3, 0.4) is 0 Å². The Morgan fingerprint density at radius 1 is 1.12 bits per heavy atom. The number of amides is 1. The van der Waals surface area contributed by atoms with Crippen molar-refractivity contribution in [3.05, 3.63) is 82.0 Å². The summed E-state index contributed by atoms with van der Waals surface area (Å²) in [7, 11) is 0. The van der Waals surface area contributed by atoms with Gasteiger partial charge in [0, 0.05) is 16.4 Å². The number of rotatable bonds is 4. The van der Waals surface area contributed by atoms with Gasteiger partial charge in [-0.05, 0) is 43.7 Å². The second kappa shape index (κ2) is 7.58. The molecule has 26 heavy (non-hydrogen) atoms. The summed E-state index contributed by atoms with van der Waals surface area (Å²) in [5.41, 5.74) is 2.44. The summed E-state index contributed by atoms with van der Waals surface area (Å²) in [4.78, 5) is 27.2. The lowest BCUT2D eigenvalue weighted by molar-refractivity contribution is -0.138. The molecule has 132 valence electrons. The summed E-state index contributed by atoms with van der Waals surface area (Å²) in [6.07, 6.45) is 1.64. The van der Waals surface area contributed by atoms with E-state index < -0.39 is 5.97 Å². The molecule has 1 aliphatic rings. The molecule has 2 aromatic rings. The molecule has 1 aliphatic heterocycles. The Morgan fingerprint density at radius 2 is 1.77 bits per heavy atom. The zero-order chi connectivity index (χ0) is 18.7. The summed E-state index contributed by atoms with van der Waals surface area (Å²) in [6, 6.07) is 16.4. The maximum absolute atomic E-state index is 13.1. The molecule has 0 aromatic heterocycles. The number of halogens is 1. The molecule has 0 spiro atoms. The number of hydrogen-bond acceptors (Lipinski definition) is 3. The van der Waals surface area contributed by atoms with Crippen LogP contribution in [0.15, 0.2) is 71.4 Å². The summed E-state index contributed by atoms with van der Waals surface area (Å²) in [6.45, 7) is 3.70. The van der Waals surface area contributed by atoms with Gasteiger partial charge in [-0.15, -0.1) is 0 Å². The predicted octanol–water partition coefficient (Wildman–Crippen LogP) is 4.61. The first-order valence-electron chi connectivity index (χ1n) is 8.28. The molecule has 0 aliphatic carbocycles. The van der Waals surface area contributed by atoms with Crippen molar-refractivity contribution in [1.82, 2.24) is 0 Å². The van der Waals surface area contributed by atoms with Gasteiger partial charge in [-0.1, -0.05) is 48.0 Å². The van der Waals surface area contributed by atoms with Crippen LogP contribution >= 0.6 is 11.6 Å². The van der Waals surface area contributed by atoms with E-state index >= 15 is 0 Å². The highest BCUT2D eigenvalue weighted by Gasteiger charge is 2.38. The van der Waals surface area contributed by atoms with Gasteiger partial charge in [-0.25, -0.2) is 4.79 Å². The van der Waals surface area contributed by atoms with Crippen molar-refractivity contribution in [3.63, 3.8) is 0 Å². The summed E-state index contributed by atoms with van der Waals surface area (Å²) in [5, 5.41) is 0.506. The lowest BCUT2D eigenvalue weighted by Gasteiger charge is -2.17. The second-order valence-corrected chi connectivity index (χ2v) is 6.14. The Bertz CT molecular complexity index is 916. The topological polar surface area (TPSA) is 46.6 Å². The van der Waals surface area contributed by atoms with Crippen molar-refractivity contribution < 1.29 is 14.3 Å². The number of benzene rings is 2. The third-order valence-electron chi connectivity index (χ3n) is 4.10. The van der Waals surface area contributed by atoms with E-state index in [2.05, 4.69) is 0 Å². The molecule has 0 saturated carbocycles. The van der Waals surface area contributed by atoms with Crippen LogP contribution < -0.4 is 4.90 Å². The normalized spacial score (nSPS) is 15.7. The van der Waals surface area contributed by atoms with Gasteiger partial charge in [0.15, 0.2) is 0 Å².